The molecule has 1 heterocycles. The average Bonchev–Trinajstić information content (AvgIpc) is 2.36. The third kappa shape index (κ3) is 2.58. The molecule has 1 N–H and O–H groups in total. The van der Waals surface area contributed by atoms with Crippen LogP contribution < -0.4 is 11.2 Å². The van der Waals surface area contributed by atoms with E-state index in [2.05, 4.69) is 4.98 Å². The summed E-state index contributed by atoms with van der Waals surface area (Å²) in [5, 5.41) is -0.0310. The van der Waals surface area contributed by atoms with Crippen molar-refractivity contribution in [3.8, 4) is 0 Å². The predicted octanol–water partition coefficient (Wildman–Crippen LogP) is 1.82. The summed E-state index contributed by atoms with van der Waals surface area (Å²) in [7, 11) is 0. The largest absolute Gasteiger partial charge is 0.329 e. The van der Waals surface area contributed by atoms with Gasteiger partial charge in [0.2, 0.25) is 0 Å². The highest BCUT2D eigenvalue weighted by Gasteiger charge is 2.10. The van der Waals surface area contributed by atoms with Gasteiger partial charge in [-0.25, -0.2) is 13.6 Å². The van der Waals surface area contributed by atoms with Gasteiger partial charge in [0, 0.05) is 5.56 Å². The van der Waals surface area contributed by atoms with Crippen LogP contribution in [0, 0.1) is 18.6 Å². The molecule has 0 atom stereocenters. The van der Waals surface area contributed by atoms with Crippen LogP contribution in [0.3, 0.4) is 0 Å². The monoisotopic (exact) mass is 286 g/mol. The van der Waals surface area contributed by atoms with Crippen LogP contribution in [-0.2, 0) is 6.54 Å². The Kier molecular flexibility index (Phi) is 3.53. The van der Waals surface area contributed by atoms with Gasteiger partial charge in [0.25, 0.3) is 5.56 Å². The fourth-order valence-electron chi connectivity index (χ4n) is 1.61. The quantitative estimate of drug-likeness (QED) is 0.856. The van der Waals surface area contributed by atoms with Crippen molar-refractivity contribution in [1.29, 1.82) is 0 Å². The van der Waals surface area contributed by atoms with Gasteiger partial charge in [-0.05, 0) is 24.6 Å². The predicted molar refractivity (Wildman–Crippen MR) is 66.5 cm³/mol. The van der Waals surface area contributed by atoms with Crippen molar-refractivity contribution >= 4 is 11.6 Å². The van der Waals surface area contributed by atoms with Crippen LogP contribution in [0.25, 0.3) is 0 Å². The molecule has 0 unspecified atom stereocenters. The molecule has 0 spiro atoms. The average molecular weight is 287 g/mol. The highest BCUT2D eigenvalue weighted by molar-refractivity contribution is 6.30. The molecule has 1 aromatic carbocycles. The van der Waals surface area contributed by atoms with E-state index in [9.17, 15) is 18.4 Å². The van der Waals surface area contributed by atoms with Gasteiger partial charge in [-0.3, -0.25) is 14.3 Å². The zero-order valence-corrected chi connectivity index (χ0v) is 10.6. The molecule has 1 aromatic heterocycles. The molecule has 7 heteroatoms. The smallest absolute Gasteiger partial charge is 0.297 e. The molecule has 4 nitrogen and oxygen atoms in total. The van der Waals surface area contributed by atoms with Gasteiger partial charge >= 0.3 is 5.69 Å². The molecule has 0 saturated heterocycles. The maximum Gasteiger partial charge on any atom is 0.329 e. The molecule has 0 aliphatic rings. The summed E-state index contributed by atoms with van der Waals surface area (Å²) in [6.07, 6.45) is 0. The number of nitrogens with zero attached hydrogens (tertiary/aromatic N) is 1. The van der Waals surface area contributed by atoms with Crippen LogP contribution in [0.2, 0.25) is 5.15 Å². The number of aromatic nitrogens is 2. The van der Waals surface area contributed by atoms with Crippen molar-refractivity contribution < 1.29 is 8.78 Å². The van der Waals surface area contributed by atoms with Crippen molar-refractivity contribution in [3.63, 3.8) is 0 Å². The second kappa shape index (κ2) is 4.97. The Hall–Kier alpha value is -1.95. The van der Waals surface area contributed by atoms with Crippen molar-refractivity contribution in [2.24, 2.45) is 0 Å². The van der Waals surface area contributed by atoms with E-state index in [1.54, 1.807) is 0 Å². The van der Waals surface area contributed by atoms with E-state index in [0.717, 1.165) is 16.7 Å². The van der Waals surface area contributed by atoms with Gasteiger partial charge in [-0.15, -0.1) is 0 Å². The van der Waals surface area contributed by atoms with Crippen molar-refractivity contribution in [3.05, 3.63) is 67.0 Å². The maximum absolute atomic E-state index is 13.1. The van der Waals surface area contributed by atoms with E-state index in [1.807, 2.05) is 0 Å². The lowest BCUT2D eigenvalue weighted by atomic mass is 10.2. The van der Waals surface area contributed by atoms with Crippen LogP contribution in [0.4, 0.5) is 8.78 Å². The molecule has 19 heavy (non-hydrogen) atoms. The summed E-state index contributed by atoms with van der Waals surface area (Å²) in [4.78, 5) is 25.8. The van der Waals surface area contributed by atoms with E-state index >= 15 is 0 Å². The number of hydrogen-bond donors (Lipinski definition) is 1. The molecule has 100 valence electrons. The molecular formula is C12H9ClF2N2O2. The van der Waals surface area contributed by atoms with E-state index in [1.165, 1.54) is 13.0 Å². The number of benzene rings is 1. The highest BCUT2D eigenvalue weighted by atomic mass is 35.5. The van der Waals surface area contributed by atoms with Crippen LogP contribution in [0.5, 0.6) is 0 Å². The number of aromatic amines is 1. The van der Waals surface area contributed by atoms with Gasteiger partial charge in [0.1, 0.15) is 5.15 Å². The minimum atomic E-state index is -1.03. The normalized spacial score (nSPS) is 10.7. The fraction of sp³-hybridized carbons (Fsp3) is 0.167. The zero-order chi connectivity index (χ0) is 14.2. The standard InChI is InChI=1S/C12H9ClF2N2O2/c1-6-10(13)16-12(19)17(11(6)18)5-7-2-3-8(14)9(15)4-7/h2-4H,5H2,1H3,(H,16,19). The van der Waals surface area contributed by atoms with E-state index < -0.39 is 22.9 Å². The van der Waals surface area contributed by atoms with Crippen LogP contribution in [0.15, 0.2) is 27.8 Å². The molecular weight excluding hydrogens is 278 g/mol. The van der Waals surface area contributed by atoms with Crippen LogP contribution >= 0.6 is 11.6 Å². The summed E-state index contributed by atoms with van der Waals surface area (Å²) in [5.41, 5.74) is -0.791. The molecule has 0 saturated carbocycles. The fourth-order valence-corrected chi connectivity index (χ4v) is 1.77. The second-order valence-corrected chi connectivity index (χ2v) is 4.39. The zero-order valence-electron chi connectivity index (χ0n) is 9.84. The number of rotatable bonds is 2. The summed E-state index contributed by atoms with van der Waals surface area (Å²) in [6, 6.07) is 3.17. The SMILES string of the molecule is Cc1c(Cl)[nH]c(=O)n(Cc2ccc(F)c(F)c2)c1=O. The van der Waals surface area contributed by atoms with Gasteiger partial charge < -0.3 is 0 Å². The van der Waals surface area contributed by atoms with Crippen LogP contribution in [-0.4, -0.2) is 9.55 Å². The molecule has 2 aromatic rings. The first-order valence-corrected chi connectivity index (χ1v) is 5.71. The first-order chi connectivity index (χ1) is 8.90. The van der Waals surface area contributed by atoms with Crippen LogP contribution in [0.1, 0.15) is 11.1 Å². The van der Waals surface area contributed by atoms with E-state index in [4.69, 9.17) is 11.6 Å². The van der Waals surface area contributed by atoms with Gasteiger partial charge in [-0.1, -0.05) is 17.7 Å². The Balaban J connectivity index is 2.50. The van der Waals surface area contributed by atoms with Gasteiger partial charge in [0.05, 0.1) is 6.54 Å². The molecule has 0 fully saturated rings. The topological polar surface area (TPSA) is 54.9 Å². The number of halogens is 3. The molecule has 0 radical (unpaired) electrons. The summed E-state index contributed by atoms with van der Waals surface area (Å²) >= 11 is 5.66. The number of nitrogens with one attached hydrogen (secondary N) is 1. The van der Waals surface area contributed by atoms with E-state index in [0.29, 0.717) is 5.56 Å². The Morgan fingerprint density at radius 2 is 1.95 bits per heavy atom. The maximum atomic E-state index is 13.1. The summed E-state index contributed by atoms with van der Waals surface area (Å²) < 4.78 is 26.7. The molecule has 0 aliphatic heterocycles. The molecule has 0 aliphatic carbocycles. The lowest BCUT2D eigenvalue weighted by Gasteiger charge is -2.07. The minimum Gasteiger partial charge on any atom is -0.297 e. The third-order valence-corrected chi connectivity index (χ3v) is 3.06. The summed E-state index contributed by atoms with van der Waals surface area (Å²) in [5.74, 6) is -2.02. The van der Waals surface area contributed by atoms with Crippen molar-refractivity contribution in [2.75, 3.05) is 0 Å². The van der Waals surface area contributed by atoms with E-state index in [-0.39, 0.29) is 17.3 Å². The van der Waals surface area contributed by atoms with Gasteiger partial charge in [0.15, 0.2) is 11.6 Å². The third-order valence-electron chi connectivity index (χ3n) is 2.68. The first kappa shape index (κ1) is 13.5. The minimum absolute atomic E-state index is 0.0310. The Labute approximate surface area is 111 Å². The lowest BCUT2D eigenvalue weighted by Crippen LogP contribution is -2.36. The first-order valence-electron chi connectivity index (χ1n) is 5.33. The summed E-state index contributed by atoms with van der Waals surface area (Å²) in [6.45, 7) is 1.30. The number of hydrogen-bond acceptors (Lipinski definition) is 2. The molecule has 0 bridgehead atoms. The Morgan fingerprint density at radius 3 is 2.58 bits per heavy atom. The van der Waals surface area contributed by atoms with Gasteiger partial charge in [-0.2, -0.15) is 0 Å². The number of H-pyrrole nitrogens is 1. The molecule has 2 rings (SSSR count). The van der Waals surface area contributed by atoms with Crippen molar-refractivity contribution in [2.45, 2.75) is 13.5 Å². The molecule has 0 amide bonds. The Bertz CT molecular complexity index is 752. The lowest BCUT2D eigenvalue weighted by molar-refractivity contribution is 0.506. The Morgan fingerprint density at radius 1 is 1.26 bits per heavy atom. The highest BCUT2D eigenvalue weighted by Crippen LogP contribution is 2.09. The second-order valence-electron chi connectivity index (χ2n) is 4.01. The van der Waals surface area contributed by atoms with Crippen molar-refractivity contribution in [1.82, 2.24) is 9.55 Å².